The van der Waals surface area contributed by atoms with E-state index in [4.69, 9.17) is 16.3 Å². The molecule has 2 aromatic carbocycles. The molecule has 0 saturated heterocycles. The van der Waals surface area contributed by atoms with Crippen LogP contribution in [0.5, 0.6) is 0 Å². The molecule has 1 aromatic heterocycles. The van der Waals surface area contributed by atoms with E-state index in [1.165, 1.54) is 24.4 Å². The minimum absolute atomic E-state index is 0.222. The summed E-state index contributed by atoms with van der Waals surface area (Å²) in [6.07, 6.45) is 2.06. The number of anilines is 1. The summed E-state index contributed by atoms with van der Waals surface area (Å²) in [5.74, 6) is -1.10. The SMILES string of the molecule is COC(=O)c1ccccc1NC(=O)N1CCc2[nH]cnc2[C@@H]1c1ccc(Cl)cc1F. The average molecular weight is 429 g/mol. The standard InChI is InChI=1S/C21H18ClFN4O3/c1-30-20(28)14-4-2-3-5-16(14)26-21(29)27-9-8-17-18(25-11-24-17)19(27)13-7-6-12(22)10-15(13)23/h2-7,10-11,19H,8-9H2,1H3,(H,24,25)(H,26,29)/t19-/m0/s1. The first-order valence-electron chi connectivity index (χ1n) is 9.21. The van der Waals surface area contributed by atoms with Gasteiger partial charge in [0, 0.05) is 29.2 Å². The number of fused-ring (bicyclic) bond motifs is 1. The lowest BCUT2D eigenvalue weighted by Crippen LogP contribution is -2.43. The minimum Gasteiger partial charge on any atom is -0.465 e. The van der Waals surface area contributed by atoms with Crippen molar-refractivity contribution in [3.63, 3.8) is 0 Å². The average Bonchev–Trinajstić information content (AvgIpc) is 3.22. The number of hydrogen-bond donors (Lipinski definition) is 2. The first-order valence-corrected chi connectivity index (χ1v) is 9.59. The van der Waals surface area contributed by atoms with E-state index in [0.29, 0.717) is 24.3 Å². The molecule has 1 aliphatic heterocycles. The molecule has 0 saturated carbocycles. The number of nitrogens with one attached hydrogen (secondary N) is 2. The quantitative estimate of drug-likeness (QED) is 0.613. The van der Waals surface area contributed by atoms with Gasteiger partial charge in [-0.2, -0.15) is 0 Å². The van der Waals surface area contributed by atoms with Gasteiger partial charge in [-0.1, -0.05) is 29.8 Å². The van der Waals surface area contributed by atoms with Crippen LogP contribution in [0.2, 0.25) is 5.02 Å². The minimum atomic E-state index is -0.748. The molecule has 0 bridgehead atoms. The van der Waals surface area contributed by atoms with Crippen molar-refractivity contribution in [2.75, 3.05) is 19.0 Å². The summed E-state index contributed by atoms with van der Waals surface area (Å²) in [5, 5.41) is 3.01. The number of para-hydroxylation sites is 1. The molecule has 9 heteroatoms. The number of carbonyl (C=O) groups is 2. The number of aromatic amines is 1. The zero-order valence-corrected chi connectivity index (χ0v) is 16.7. The number of aromatic nitrogens is 2. The number of amides is 2. The Labute approximate surface area is 176 Å². The molecule has 1 aliphatic rings. The van der Waals surface area contributed by atoms with Crippen LogP contribution in [-0.4, -0.2) is 40.5 Å². The topological polar surface area (TPSA) is 87.3 Å². The van der Waals surface area contributed by atoms with Gasteiger partial charge in [0.05, 0.1) is 30.4 Å². The lowest BCUT2D eigenvalue weighted by atomic mass is 9.95. The number of carbonyl (C=O) groups excluding carboxylic acids is 2. The highest BCUT2D eigenvalue weighted by atomic mass is 35.5. The van der Waals surface area contributed by atoms with Crippen LogP contribution in [0.3, 0.4) is 0 Å². The molecule has 30 heavy (non-hydrogen) atoms. The number of esters is 1. The lowest BCUT2D eigenvalue weighted by molar-refractivity contribution is 0.0602. The van der Waals surface area contributed by atoms with E-state index in [0.717, 1.165) is 5.69 Å². The highest BCUT2D eigenvalue weighted by molar-refractivity contribution is 6.30. The third-order valence-electron chi connectivity index (χ3n) is 5.02. The summed E-state index contributed by atoms with van der Waals surface area (Å²) in [4.78, 5) is 34.1. The summed E-state index contributed by atoms with van der Waals surface area (Å²) >= 11 is 5.90. The molecule has 0 fully saturated rings. The summed E-state index contributed by atoms with van der Waals surface area (Å²) in [6, 6.07) is 9.62. The lowest BCUT2D eigenvalue weighted by Gasteiger charge is -2.35. The van der Waals surface area contributed by atoms with Crippen LogP contribution in [-0.2, 0) is 11.2 Å². The largest absolute Gasteiger partial charge is 0.465 e. The van der Waals surface area contributed by atoms with Gasteiger partial charge in [-0.15, -0.1) is 0 Å². The predicted octanol–water partition coefficient (Wildman–Crippen LogP) is 4.17. The summed E-state index contributed by atoms with van der Waals surface area (Å²) < 4.78 is 19.6. The third kappa shape index (κ3) is 3.61. The van der Waals surface area contributed by atoms with E-state index in [2.05, 4.69) is 15.3 Å². The number of imidazole rings is 1. The number of halogens is 2. The summed E-state index contributed by atoms with van der Waals surface area (Å²) in [5.41, 5.74) is 2.22. The normalized spacial score (nSPS) is 15.4. The Balaban J connectivity index is 1.71. The molecule has 2 amide bonds. The molecule has 0 unspecified atom stereocenters. The molecular weight excluding hydrogens is 411 g/mol. The Hall–Kier alpha value is -3.39. The van der Waals surface area contributed by atoms with Crippen molar-refractivity contribution in [2.45, 2.75) is 12.5 Å². The number of urea groups is 1. The van der Waals surface area contributed by atoms with Crippen LogP contribution >= 0.6 is 11.6 Å². The highest BCUT2D eigenvalue weighted by Gasteiger charge is 2.36. The van der Waals surface area contributed by atoms with Crippen LogP contribution in [0.1, 0.15) is 33.4 Å². The fourth-order valence-corrected chi connectivity index (χ4v) is 3.76. The zero-order valence-electron chi connectivity index (χ0n) is 16.0. The monoisotopic (exact) mass is 428 g/mol. The van der Waals surface area contributed by atoms with Gasteiger partial charge in [0.25, 0.3) is 0 Å². The maximum atomic E-state index is 14.8. The molecule has 3 aromatic rings. The molecule has 0 radical (unpaired) electrons. The first kappa shape index (κ1) is 19.9. The molecule has 4 rings (SSSR count). The number of H-pyrrole nitrogens is 1. The van der Waals surface area contributed by atoms with E-state index >= 15 is 0 Å². The fraction of sp³-hybridized carbons (Fsp3) is 0.190. The molecule has 0 aliphatic carbocycles. The van der Waals surface area contributed by atoms with Crippen molar-refractivity contribution < 1.29 is 18.7 Å². The van der Waals surface area contributed by atoms with Gasteiger partial charge in [-0.3, -0.25) is 0 Å². The molecule has 1 atom stereocenters. The third-order valence-corrected chi connectivity index (χ3v) is 5.25. The van der Waals surface area contributed by atoms with Gasteiger partial charge in [0.1, 0.15) is 11.9 Å². The van der Waals surface area contributed by atoms with Crippen LogP contribution < -0.4 is 5.32 Å². The molecule has 154 valence electrons. The van der Waals surface area contributed by atoms with Gasteiger partial charge < -0.3 is 19.9 Å². The zero-order chi connectivity index (χ0) is 21.3. The van der Waals surface area contributed by atoms with Crippen molar-refractivity contribution in [3.8, 4) is 0 Å². The van der Waals surface area contributed by atoms with Crippen molar-refractivity contribution in [1.82, 2.24) is 14.9 Å². The summed E-state index contributed by atoms with van der Waals surface area (Å²) in [6.45, 7) is 0.328. The van der Waals surface area contributed by atoms with Crippen molar-refractivity contribution in [3.05, 3.63) is 82.1 Å². The van der Waals surface area contributed by atoms with Crippen molar-refractivity contribution in [2.24, 2.45) is 0 Å². The van der Waals surface area contributed by atoms with Crippen LogP contribution in [0.4, 0.5) is 14.9 Å². The second kappa shape index (κ2) is 8.16. The Bertz CT molecular complexity index is 1120. The number of benzene rings is 2. The van der Waals surface area contributed by atoms with Gasteiger partial charge in [-0.05, 0) is 24.3 Å². The maximum absolute atomic E-state index is 14.8. The van der Waals surface area contributed by atoms with Crippen molar-refractivity contribution >= 4 is 29.3 Å². The van der Waals surface area contributed by atoms with Crippen LogP contribution in [0, 0.1) is 5.82 Å². The van der Waals surface area contributed by atoms with E-state index in [9.17, 15) is 14.0 Å². The highest BCUT2D eigenvalue weighted by Crippen LogP contribution is 2.36. The number of ether oxygens (including phenoxy) is 1. The predicted molar refractivity (Wildman–Crippen MR) is 109 cm³/mol. The Morgan fingerprint density at radius 2 is 2.10 bits per heavy atom. The molecule has 7 nitrogen and oxygen atoms in total. The van der Waals surface area contributed by atoms with Crippen LogP contribution in [0.25, 0.3) is 0 Å². The van der Waals surface area contributed by atoms with Crippen LogP contribution in [0.15, 0.2) is 48.8 Å². The van der Waals surface area contributed by atoms with Gasteiger partial charge in [0.2, 0.25) is 0 Å². The Kier molecular flexibility index (Phi) is 5.41. The number of nitrogens with zero attached hydrogens (tertiary/aromatic N) is 2. The van der Waals surface area contributed by atoms with E-state index < -0.39 is 23.9 Å². The summed E-state index contributed by atoms with van der Waals surface area (Å²) in [7, 11) is 1.27. The molecular formula is C21H18ClFN4O3. The smallest absolute Gasteiger partial charge is 0.339 e. The Morgan fingerprint density at radius 1 is 1.30 bits per heavy atom. The van der Waals surface area contributed by atoms with E-state index in [1.54, 1.807) is 36.4 Å². The molecule has 2 heterocycles. The molecule has 0 spiro atoms. The van der Waals surface area contributed by atoms with E-state index in [1.807, 2.05) is 0 Å². The fourth-order valence-electron chi connectivity index (χ4n) is 3.60. The van der Waals surface area contributed by atoms with Gasteiger partial charge >= 0.3 is 12.0 Å². The van der Waals surface area contributed by atoms with Crippen molar-refractivity contribution in [1.29, 1.82) is 0 Å². The maximum Gasteiger partial charge on any atom is 0.339 e. The number of methoxy groups -OCH3 is 1. The molecule has 2 N–H and O–H groups in total. The second-order valence-corrected chi connectivity index (χ2v) is 7.18. The second-order valence-electron chi connectivity index (χ2n) is 6.75. The van der Waals surface area contributed by atoms with Gasteiger partial charge in [-0.25, -0.2) is 19.0 Å². The Morgan fingerprint density at radius 3 is 2.87 bits per heavy atom. The number of hydrogen-bond acceptors (Lipinski definition) is 4. The number of rotatable bonds is 3. The first-order chi connectivity index (χ1) is 14.5. The van der Waals surface area contributed by atoms with Gasteiger partial charge in [0.15, 0.2) is 0 Å². The van der Waals surface area contributed by atoms with E-state index in [-0.39, 0.29) is 16.1 Å².